The first-order valence-corrected chi connectivity index (χ1v) is 4.98. The van der Waals surface area contributed by atoms with E-state index in [1.165, 1.54) is 0 Å². The Labute approximate surface area is 87.3 Å². The zero-order valence-electron chi connectivity index (χ0n) is 10.4. The van der Waals surface area contributed by atoms with Crippen LogP contribution >= 0.6 is 0 Å². The maximum atomic E-state index is 11.7. The lowest BCUT2D eigenvalue weighted by Crippen LogP contribution is -2.28. The van der Waals surface area contributed by atoms with Gasteiger partial charge in [0.05, 0.1) is 0 Å². The summed E-state index contributed by atoms with van der Waals surface area (Å²) in [7, 11) is 0. The van der Waals surface area contributed by atoms with Crippen molar-refractivity contribution >= 4 is 5.97 Å². The Morgan fingerprint density at radius 3 is 1.71 bits per heavy atom. The van der Waals surface area contributed by atoms with Crippen LogP contribution in [0.5, 0.6) is 0 Å². The molecule has 0 aromatic heterocycles. The molecule has 0 amide bonds. The van der Waals surface area contributed by atoms with Crippen LogP contribution in [0.3, 0.4) is 0 Å². The molecule has 82 valence electrons. The molecule has 0 unspecified atom stereocenters. The average molecular weight is 198 g/mol. The largest absolute Gasteiger partial charge is 0.457 e. The molecular formula is C12H22O2. The highest BCUT2D eigenvalue weighted by Gasteiger charge is 2.27. The van der Waals surface area contributed by atoms with E-state index in [4.69, 9.17) is 4.74 Å². The van der Waals surface area contributed by atoms with Crippen LogP contribution < -0.4 is 0 Å². The van der Waals surface area contributed by atoms with Gasteiger partial charge >= 0.3 is 5.97 Å². The number of ether oxygens (including phenoxy) is 1. The van der Waals surface area contributed by atoms with Crippen molar-refractivity contribution in [1.82, 2.24) is 0 Å². The second-order valence-corrected chi connectivity index (χ2v) is 5.45. The average Bonchev–Trinajstić information content (AvgIpc) is 1.79. The third-order valence-corrected chi connectivity index (χ3v) is 1.72. The molecule has 2 heteroatoms. The van der Waals surface area contributed by atoms with Crippen LogP contribution in [0.1, 0.15) is 48.5 Å². The number of carbonyl (C=O) groups excluding carboxylic acids is 1. The fourth-order valence-corrected chi connectivity index (χ4v) is 1.19. The molecule has 0 N–H and O–H groups in total. The minimum Gasteiger partial charge on any atom is -0.457 e. The van der Waals surface area contributed by atoms with Crippen LogP contribution in [0.2, 0.25) is 0 Å². The highest BCUT2D eigenvalue weighted by molar-refractivity contribution is 5.89. The molecule has 0 fully saturated rings. The van der Waals surface area contributed by atoms with Gasteiger partial charge in [-0.1, -0.05) is 26.8 Å². The number of carbonyl (C=O) groups is 1. The van der Waals surface area contributed by atoms with E-state index in [0.717, 1.165) is 5.57 Å². The lowest BCUT2D eigenvalue weighted by molar-refractivity contribution is -0.151. The Bertz CT molecular complexity index is 236. The maximum Gasteiger partial charge on any atom is 0.334 e. The van der Waals surface area contributed by atoms with Crippen LogP contribution in [-0.2, 0) is 9.53 Å². The lowest BCUT2D eigenvalue weighted by Gasteiger charge is -2.26. The van der Waals surface area contributed by atoms with Gasteiger partial charge in [0.25, 0.3) is 0 Å². The highest BCUT2D eigenvalue weighted by Crippen LogP contribution is 2.27. The van der Waals surface area contributed by atoms with Gasteiger partial charge in [0, 0.05) is 5.57 Å². The van der Waals surface area contributed by atoms with E-state index in [2.05, 4.69) is 0 Å². The molecule has 0 spiro atoms. The van der Waals surface area contributed by atoms with E-state index >= 15 is 0 Å². The summed E-state index contributed by atoms with van der Waals surface area (Å²) in [5.41, 5.74) is 0.153. The summed E-state index contributed by atoms with van der Waals surface area (Å²) in [5.74, 6) is -0.215. The summed E-state index contributed by atoms with van der Waals surface area (Å²) in [4.78, 5) is 11.7. The predicted octanol–water partition coefficient (Wildman–Crippen LogP) is 3.32. The third kappa shape index (κ3) is 4.45. The van der Waals surface area contributed by atoms with Gasteiger partial charge in [-0.05, 0) is 33.1 Å². The Morgan fingerprint density at radius 1 is 1.07 bits per heavy atom. The second-order valence-electron chi connectivity index (χ2n) is 5.45. The second kappa shape index (κ2) is 4.16. The summed E-state index contributed by atoms with van der Waals surface area (Å²) in [5, 5.41) is 0. The third-order valence-electron chi connectivity index (χ3n) is 1.72. The van der Waals surface area contributed by atoms with Crippen LogP contribution in [0.15, 0.2) is 11.6 Å². The Hall–Kier alpha value is -0.790. The molecule has 0 aliphatic carbocycles. The molecule has 0 aliphatic heterocycles. The molecule has 0 aliphatic rings. The van der Waals surface area contributed by atoms with Crippen molar-refractivity contribution in [2.24, 2.45) is 5.41 Å². The van der Waals surface area contributed by atoms with E-state index in [1.54, 1.807) is 0 Å². The first-order valence-electron chi connectivity index (χ1n) is 4.98. The van der Waals surface area contributed by atoms with Crippen molar-refractivity contribution < 1.29 is 9.53 Å². The molecule has 0 heterocycles. The Kier molecular flexibility index (Phi) is 3.92. The smallest absolute Gasteiger partial charge is 0.334 e. The van der Waals surface area contributed by atoms with Crippen molar-refractivity contribution in [2.75, 3.05) is 0 Å². The number of allylic oxidation sites excluding steroid dienone is 1. The number of rotatable bonds is 1. The topological polar surface area (TPSA) is 26.3 Å². The fraction of sp³-hybridized carbons (Fsp3) is 0.750. The van der Waals surface area contributed by atoms with E-state index in [0.29, 0.717) is 0 Å². The molecule has 2 nitrogen and oxygen atoms in total. The van der Waals surface area contributed by atoms with Gasteiger partial charge in [0.2, 0.25) is 0 Å². The fourth-order valence-electron chi connectivity index (χ4n) is 1.19. The standard InChI is InChI=1S/C12H22O2/c1-8-9(11(2,3)4)10(13)14-12(5,6)7/h8H,1-7H3/b9-8-. The first-order chi connectivity index (χ1) is 6.08. The van der Waals surface area contributed by atoms with Crippen molar-refractivity contribution in [3.8, 4) is 0 Å². The number of esters is 1. The minimum absolute atomic E-state index is 0.156. The highest BCUT2D eigenvalue weighted by atomic mass is 16.6. The van der Waals surface area contributed by atoms with Crippen LogP contribution in [-0.4, -0.2) is 11.6 Å². The quantitative estimate of drug-likeness (QED) is 0.477. The molecule has 14 heavy (non-hydrogen) atoms. The van der Waals surface area contributed by atoms with Crippen LogP contribution in [0.25, 0.3) is 0 Å². The van der Waals surface area contributed by atoms with E-state index < -0.39 is 5.60 Å². The SMILES string of the molecule is C/C=C(/C(=O)OC(C)(C)C)C(C)(C)C. The zero-order valence-corrected chi connectivity index (χ0v) is 10.4. The zero-order chi connectivity index (χ0) is 11.6. The van der Waals surface area contributed by atoms with E-state index in [1.807, 2.05) is 54.5 Å². The molecular weight excluding hydrogens is 176 g/mol. The van der Waals surface area contributed by atoms with Crippen LogP contribution in [0, 0.1) is 5.41 Å². The monoisotopic (exact) mass is 198 g/mol. The normalized spacial score (nSPS) is 14.1. The van der Waals surface area contributed by atoms with Crippen molar-refractivity contribution in [3.63, 3.8) is 0 Å². The summed E-state index contributed by atoms with van der Waals surface area (Å²) in [6.45, 7) is 13.5. The summed E-state index contributed by atoms with van der Waals surface area (Å²) >= 11 is 0. The molecule has 0 radical (unpaired) electrons. The van der Waals surface area contributed by atoms with Gasteiger partial charge in [-0.2, -0.15) is 0 Å². The van der Waals surface area contributed by atoms with Crippen molar-refractivity contribution in [2.45, 2.75) is 54.1 Å². The molecule has 0 aromatic rings. The van der Waals surface area contributed by atoms with Crippen molar-refractivity contribution in [3.05, 3.63) is 11.6 Å². The summed E-state index contributed by atoms with van der Waals surface area (Å²) < 4.78 is 5.31. The van der Waals surface area contributed by atoms with Gasteiger partial charge in [0.1, 0.15) is 5.60 Å². The molecule has 0 saturated carbocycles. The van der Waals surface area contributed by atoms with E-state index in [9.17, 15) is 4.79 Å². The molecule has 0 saturated heterocycles. The molecule has 0 rings (SSSR count). The number of hydrogen-bond donors (Lipinski definition) is 0. The molecule has 0 atom stereocenters. The summed E-state index contributed by atoms with van der Waals surface area (Å²) in [6.07, 6.45) is 1.83. The number of hydrogen-bond acceptors (Lipinski definition) is 2. The Balaban J connectivity index is 4.69. The van der Waals surface area contributed by atoms with Gasteiger partial charge < -0.3 is 4.74 Å². The Morgan fingerprint density at radius 2 is 1.50 bits per heavy atom. The van der Waals surface area contributed by atoms with Crippen LogP contribution in [0.4, 0.5) is 0 Å². The maximum absolute atomic E-state index is 11.7. The molecule has 0 bridgehead atoms. The van der Waals surface area contributed by atoms with E-state index in [-0.39, 0.29) is 11.4 Å². The lowest BCUT2D eigenvalue weighted by atomic mass is 9.86. The minimum atomic E-state index is -0.420. The first kappa shape index (κ1) is 13.2. The summed E-state index contributed by atoms with van der Waals surface area (Å²) in [6, 6.07) is 0. The van der Waals surface area contributed by atoms with Gasteiger partial charge in [-0.25, -0.2) is 4.79 Å². The predicted molar refractivity (Wildman–Crippen MR) is 59.1 cm³/mol. The van der Waals surface area contributed by atoms with Crippen molar-refractivity contribution in [1.29, 1.82) is 0 Å². The van der Waals surface area contributed by atoms with Gasteiger partial charge in [0.15, 0.2) is 0 Å². The van der Waals surface area contributed by atoms with Gasteiger partial charge in [-0.15, -0.1) is 0 Å². The molecule has 0 aromatic carbocycles. The van der Waals surface area contributed by atoms with Gasteiger partial charge in [-0.3, -0.25) is 0 Å².